The van der Waals surface area contributed by atoms with Gasteiger partial charge in [0.2, 0.25) is 5.91 Å². The van der Waals surface area contributed by atoms with E-state index in [-0.39, 0.29) is 18.9 Å². The second kappa shape index (κ2) is 5.49. The van der Waals surface area contributed by atoms with E-state index in [2.05, 4.69) is 0 Å². The third-order valence-electron chi connectivity index (χ3n) is 2.83. The zero-order valence-corrected chi connectivity index (χ0v) is 12.1. The van der Waals surface area contributed by atoms with E-state index < -0.39 is 11.6 Å². The number of amides is 1. The largest absolute Gasteiger partial charge is 0.459 e. The highest BCUT2D eigenvalue weighted by Gasteiger charge is 2.25. The Balaban J connectivity index is 2.23. The van der Waals surface area contributed by atoms with Crippen molar-refractivity contribution in [3.8, 4) is 0 Å². The number of ether oxygens (including phenoxy) is 1. The summed E-state index contributed by atoms with van der Waals surface area (Å²) >= 11 is 0. The Morgan fingerprint density at radius 3 is 2.70 bits per heavy atom. The molecule has 0 radical (unpaired) electrons. The summed E-state index contributed by atoms with van der Waals surface area (Å²) in [4.78, 5) is 25.6. The number of esters is 1. The normalized spacial score (nSPS) is 14.8. The molecule has 0 atom stereocenters. The van der Waals surface area contributed by atoms with Crippen molar-refractivity contribution in [2.75, 3.05) is 11.4 Å². The molecule has 0 unspecified atom stereocenters. The summed E-state index contributed by atoms with van der Waals surface area (Å²) in [6.07, 6.45) is 4.01. The number of para-hydroxylation sites is 1. The van der Waals surface area contributed by atoms with Gasteiger partial charge < -0.3 is 9.64 Å². The first-order valence-electron chi connectivity index (χ1n) is 6.64. The summed E-state index contributed by atoms with van der Waals surface area (Å²) in [7, 11) is 0. The van der Waals surface area contributed by atoms with Gasteiger partial charge in [0.1, 0.15) is 12.1 Å². The lowest BCUT2D eigenvalue weighted by Crippen LogP contribution is -2.38. The van der Waals surface area contributed by atoms with E-state index in [0.717, 1.165) is 11.3 Å². The molecule has 1 aromatic rings. The van der Waals surface area contributed by atoms with E-state index in [9.17, 15) is 9.59 Å². The first kappa shape index (κ1) is 14.3. The number of fused-ring (bicyclic) bond motifs is 1. The van der Waals surface area contributed by atoms with Crippen LogP contribution in [0.1, 0.15) is 32.8 Å². The van der Waals surface area contributed by atoms with Gasteiger partial charge in [0, 0.05) is 6.42 Å². The van der Waals surface area contributed by atoms with Crippen LogP contribution in [0.5, 0.6) is 0 Å². The highest BCUT2D eigenvalue weighted by Crippen LogP contribution is 2.25. The molecule has 0 saturated heterocycles. The molecule has 106 valence electrons. The fraction of sp³-hybridized carbons (Fsp3) is 0.375. The molecule has 0 fully saturated rings. The second-order valence-electron chi connectivity index (χ2n) is 5.73. The molecule has 1 heterocycles. The molecule has 1 aliphatic rings. The van der Waals surface area contributed by atoms with Crippen molar-refractivity contribution in [2.24, 2.45) is 0 Å². The number of carbonyl (C=O) groups excluding carboxylic acids is 2. The number of benzene rings is 1. The number of anilines is 1. The van der Waals surface area contributed by atoms with Crippen LogP contribution in [0.25, 0.3) is 6.08 Å². The molecule has 1 amide bonds. The molecule has 4 nitrogen and oxygen atoms in total. The predicted molar refractivity (Wildman–Crippen MR) is 78.3 cm³/mol. The van der Waals surface area contributed by atoms with E-state index in [0.29, 0.717) is 0 Å². The molecule has 0 N–H and O–H groups in total. The lowest BCUT2D eigenvalue weighted by Gasteiger charge is -2.25. The number of nitrogens with zero attached hydrogens (tertiary/aromatic N) is 1. The van der Waals surface area contributed by atoms with Crippen molar-refractivity contribution in [2.45, 2.75) is 32.8 Å². The fourth-order valence-corrected chi connectivity index (χ4v) is 2.08. The zero-order chi connectivity index (χ0) is 14.8. The first-order valence-corrected chi connectivity index (χ1v) is 6.64. The quantitative estimate of drug-likeness (QED) is 0.778. The maximum absolute atomic E-state index is 12.1. The van der Waals surface area contributed by atoms with Crippen LogP contribution in [0.15, 0.2) is 30.3 Å². The van der Waals surface area contributed by atoms with Gasteiger partial charge in [0.25, 0.3) is 0 Å². The van der Waals surface area contributed by atoms with Gasteiger partial charge >= 0.3 is 5.97 Å². The third kappa shape index (κ3) is 3.47. The van der Waals surface area contributed by atoms with Gasteiger partial charge in [-0.1, -0.05) is 30.4 Å². The smallest absolute Gasteiger partial charge is 0.326 e. The van der Waals surface area contributed by atoms with Crippen molar-refractivity contribution in [3.05, 3.63) is 35.9 Å². The molecule has 2 rings (SSSR count). The highest BCUT2D eigenvalue weighted by molar-refractivity contribution is 6.01. The molecule has 0 saturated carbocycles. The number of hydrogen-bond donors (Lipinski definition) is 0. The zero-order valence-electron chi connectivity index (χ0n) is 12.1. The van der Waals surface area contributed by atoms with Crippen LogP contribution in [0, 0.1) is 0 Å². The van der Waals surface area contributed by atoms with Crippen molar-refractivity contribution in [3.63, 3.8) is 0 Å². The molecule has 4 heteroatoms. The standard InChI is InChI=1S/C16H19NO3/c1-16(2,3)20-15(19)11-17-13-9-5-4-7-12(13)8-6-10-14(17)18/h4-9H,10-11H2,1-3H3. The van der Waals surface area contributed by atoms with Crippen LogP contribution in [-0.2, 0) is 14.3 Å². The Morgan fingerprint density at radius 2 is 2.00 bits per heavy atom. The minimum absolute atomic E-state index is 0.0607. The Bertz CT molecular complexity index is 555. The highest BCUT2D eigenvalue weighted by atomic mass is 16.6. The van der Waals surface area contributed by atoms with Gasteiger partial charge in [0.05, 0.1) is 5.69 Å². The van der Waals surface area contributed by atoms with Crippen LogP contribution in [-0.4, -0.2) is 24.0 Å². The molecule has 0 bridgehead atoms. The molecule has 1 aromatic carbocycles. The molecule has 0 aliphatic carbocycles. The van der Waals surface area contributed by atoms with Crippen LogP contribution in [0.3, 0.4) is 0 Å². The molecule has 0 spiro atoms. The Hall–Kier alpha value is -2.10. The second-order valence-corrected chi connectivity index (χ2v) is 5.73. The molecule has 0 aromatic heterocycles. The van der Waals surface area contributed by atoms with Crippen molar-refractivity contribution in [1.82, 2.24) is 0 Å². The van der Waals surface area contributed by atoms with Crippen LogP contribution >= 0.6 is 0 Å². The monoisotopic (exact) mass is 273 g/mol. The third-order valence-corrected chi connectivity index (χ3v) is 2.83. The SMILES string of the molecule is CC(C)(C)OC(=O)CN1C(=O)CC=Cc2ccccc21. The van der Waals surface area contributed by atoms with E-state index in [1.165, 1.54) is 4.90 Å². The Morgan fingerprint density at radius 1 is 1.30 bits per heavy atom. The lowest BCUT2D eigenvalue weighted by molar-refractivity contribution is -0.153. The summed E-state index contributed by atoms with van der Waals surface area (Å²) in [5.41, 5.74) is 1.13. The van der Waals surface area contributed by atoms with E-state index in [1.54, 1.807) is 0 Å². The number of rotatable bonds is 2. The van der Waals surface area contributed by atoms with Gasteiger partial charge in [-0.2, -0.15) is 0 Å². The van der Waals surface area contributed by atoms with E-state index in [4.69, 9.17) is 4.74 Å². The minimum Gasteiger partial charge on any atom is -0.459 e. The molecule has 20 heavy (non-hydrogen) atoms. The van der Waals surface area contributed by atoms with Gasteiger partial charge in [-0.25, -0.2) is 0 Å². The van der Waals surface area contributed by atoms with Crippen molar-refractivity contribution >= 4 is 23.6 Å². The molecular formula is C16H19NO3. The Labute approximate surface area is 119 Å². The Kier molecular flexibility index (Phi) is 3.93. The van der Waals surface area contributed by atoms with E-state index in [1.807, 2.05) is 57.2 Å². The van der Waals surface area contributed by atoms with Crippen LogP contribution < -0.4 is 4.90 Å². The lowest BCUT2D eigenvalue weighted by atomic mass is 10.1. The molecular weight excluding hydrogens is 254 g/mol. The van der Waals surface area contributed by atoms with Crippen molar-refractivity contribution in [1.29, 1.82) is 0 Å². The van der Waals surface area contributed by atoms with Crippen molar-refractivity contribution < 1.29 is 14.3 Å². The van der Waals surface area contributed by atoms with Gasteiger partial charge in [-0.15, -0.1) is 0 Å². The number of hydrogen-bond acceptors (Lipinski definition) is 3. The summed E-state index contributed by atoms with van der Waals surface area (Å²) in [6, 6.07) is 7.53. The average molecular weight is 273 g/mol. The topological polar surface area (TPSA) is 46.6 Å². The van der Waals surface area contributed by atoms with Crippen LogP contribution in [0.2, 0.25) is 0 Å². The summed E-state index contributed by atoms with van der Waals surface area (Å²) in [5.74, 6) is -0.500. The summed E-state index contributed by atoms with van der Waals surface area (Å²) < 4.78 is 5.29. The maximum atomic E-state index is 12.1. The average Bonchev–Trinajstić information content (AvgIpc) is 2.48. The molecule has 1 aliphatic heterocycles. The predicted octanol–water partition coefficient (Wildman–Crippen LogP) is 2.78. The summed E-state index contributed by atoms with van der Waals surface area (Å²) in [6.45, 7) is 5.37. The van der Waals surface area contributed by atoms with Gasteiger partial charge in [-0.05, 0) is 32.4 Å². The fourth-order valence-electron chi connectivity index (χ4n) is 2.08. The minimum atomic E-state index is -0.552. The first-order chi connectivity index (χ1) is 9.37. The van der Waals surface area contributed by atoms with Crippen LogP contribution in [0.4, 0.5) is 5.69 Å². The van der Waals surface area contributed by atoms with Gasteiger partial charge in [-0.3, -0.25) is 9.59 Å². The van der Waals surface area contributed by atoms with Gasteiger partial charge in [0.15, 0.2) is 0 Å². The van der Waals surface area contributed by atoms with E-state index >= 15 is 0 Å². The maximum Gasteiger partial charge on any atom is 0.326 e. The summed E-state index contributed by atoms with van der Waals surface area (Å²) in [5, 5.41) is 0. The number of carbonyl (C=O) groups is 2.